The molecule has 268 valence electrons. The minimum Gasteiger partial charge on any atom is -0.437 e. The highest BCUT2D eigenvalue weighted by Gasteiger charge is 2.45. The molecule has 2 fully saturated rings. The molecule has 2 aromatic rings. The van der Waals surface area contributed by atoms with Crippen molar-refractivity contribution in [1.29, 1.82) is 0 Å². The lowest BCUT2D eigenvalue weighted by molar-refractivity contribution is -0.111. The number of amides is 1. The summed E-state index contributed by atoms with van der Waals surface area (Å²) in [6, 6.07) is 15.5. The number of aliphatic hydroxyl groups excluding tert-OH is 1. The Bertz CT molecular complexity index is 1430. The molecule has 2 radical (unpaired) electrons. The molecule has 2 saturated heterocycles. The van der Waals surface area contributed by atoms with E-state index in [2.05, 4.69) is 55.9 Å². The molecule has 2 heterocycles. The molecule has 0 aromatic heterocycles. The average Bonchev–Trinajstić information content (AvgIpc) is 3.59. The molecule has 2 aliphatic rings. The number of hydrogen-bond acceptors (Lipinski definition) is 7. The van der Waals surface area contributed by atoms with Gasteiger partial charge in [0.2, 0.25) is 7.85 Å². The van der Waals surface area contributed by atoms with Gasteiger partial charge in [-0.25, -0.2) is 0 Å². The molecule has 2 aliphatic heterocycles. The maximum atomic E-state index is 11.7. The van der Waals surface area contributed by atoms with Crippen molar-refractivity contribution in [3.63, 3.8) is 0 Å². The molecule has 3 atom stereocenters. The molecule has 0 aliphatic carbocycles. The summed E-state index contributed by atoms with van der Waals surface area (Å²) in [6.07, 6.45) is 14.8. The lowest BCUT2D eigenvalue weighted by atomic mass is 9.81. The number of benzene rings is 2. The summed E-state index contributed by atoms with van der Waals surface area (Å²) in [5.41, 5.74) is 3.12. The number of ether oxygens (including phenoxy) is 2. The zero-order valence-corrected chi connectivity index (χ0v) is 31.2. The van der Waals surface area contributed by atoms with E-state index in [1.165, 1.54) is 61.0 Å². The first-order valence-electron chi connectivity index (χ1n) is 17.8. The molecule has 4 rings (SSSR count). The quantitative estimate of drug-likeness (QED) is 0.130. The number of terminal acetylenes is 1. The van der Waals surface area contributed by atoms with Crippen molar-refractivity contribution in [3.05, 3.63) is 70.8 Å². The van der Waals surface area contributed by atoms with Gasteiger partial charge in [-0.15, -0.1) is 6.42 Å². The molecule has 0 spiro atoms. The zero-order valence-electron chi connectivity index (χ0n) is 31.2. The third-order valence-electron chi connectivity index (χ3n) is 8.84. The van der Waals surface area contributed by atoms with Gasteiger partial charge in [-0.05, 0) is 95.6 Å². The van der Waals surface area contributed by atoms with Gasteiger partial charge < -0.3 is 29.3 Å². The van der Waals surface area contributed by atoms with Crippen LogP contribution < -0.4 is 0 Å². The maximum absolute atomic E-state index is 11.7. The van der Waals surface area contributed by atoms with E-state index >= 15 is 0 Å². The summed E-state index contributed by atoms with van der Waals surface area (Å²) in [5.74, 6) is 7.78. The highest BCUT2D eigenvalue weighted by atomic mass is 16.5. The van der Waals surface area contributed by atoms with E-state index in [4.69, 9.17) is 23.7 Å². The molecule has 50 heavy (non-hydrogen) atoms. The third-order valence-corrected chi connectivity index (χ3v) is 8.84. The Kier molecular flexibility index (Phi) is 18.1. The zero-order chi connectivity index (χ0) is 37.3. The predicted octanol–water partition coefficient (Wildman–Crippen LogP) is 5.99. The van der Waals surface area contributed by atoms with Gasteiger partial charge in [0.25, 0.3) is 0 Å². The van der Waals surface area contributed by atoms with E-state index in [0.29, 0.717) is 6.61 Å². The van der Waals surface area contributed by atoms with Gasteiger partial charge in [0, 0.05) is 11.1 Å². The molecule has 0 bridgehead atoms. The first-order valence-corrected chi connectivity index (χ1v) is 17.8. The Morgan fingerprint density at radius 2 is 1.44 bits per heavy atom. The Labute approximate surface area is 302 Å². The van der Waals surface area contributed by atoms with Crippen LogP contribution in [0.2, 0.25) is 6.82 Å². The Morgan fingerprint density at radius 1 is 0.940 bits per heavy atom. The minimum atomic E-state index is -1.02. The van der Waals surface area contributed by atoms with Crippen molar-refractivity contribution < 1.29 is 29.2 Å². The second-order valence-corrected chi connectivity index (χ2v) is 13.7. The highest BCUT2D eigenvalue weighted by molar-refractivity contribution is 6.57. The van der Waals surface area contributed by atoms with Crippen molar-refractivity contribution in [3.8, 4) is 24.2 Å². The molecule has 2 N–H and O–H groups in total. The van der Waals surface area contributed by atoms with Crippen LogP contribution in [-0.4, -0.2) is 89.7 Å². The number of aryl methyl sites for hydroxylation is 2. The number of carbonyl (C=O) groups excluding carboxylic acids is 2. The monoisotopic (exact) mass is 682 g/mol. The molecular weight excluding hydrogens is 626 g/mol. The normalized spacial score (nSPS) is 19.4. The molecule has 2 aromatic carbocycles. The number of aliphatic hydroxyl groups is 1. The van der Waals surface area contributed by atoms with Crippen LogP contribution in [0.15, 0.2) is 48.5 Å². The first kappa shape index (κ1) is 42.8. The standard InChI is InChI=1S/C20H26BNO3.C13H16.C7H14BNO3/c1-4-5-6-7-15-8-10-16(11-9-15)12-13-18(23)17-14-25-20(2,3)22(17)19(21)24;1-3-5-6-7-13-10-8-12(4-2)9-11-13;1-7(2)9(8(3)11)6(4-10)5-12-7/h8-11,17-18,23H,4-7,14H2,1-3H3;2,8-11H,3,5-7H2,1H3;4,6,11H,5H2,1-3H3/t17-,18+;;/m1../s1. The van der Waals surface area contributed by atoms with E-state index in [1.54, 1.807) is 25.5 Å². The van der Waals surface area contributed by atoms with Gasteiger partial charge in [-0.2, -0.15) is 0 Å². The number of nitrogens with zero attached hydrogens (tertiary/aromatic N) is 2. The summed E-state index contributed by atoms with van der Waals surface area (Å²) in [5, 5.41) is 19.7. The summed E-state index contributed by atoms with van der Waals surface area (Å²) in [4.78, 5) is 25.2. The van der Waals surface area contributed by atoms with E-state index in [9.17, 15) is 19.7 Å². The molecule has 10 heteroatoms. The van der Waals surface area contributed by atoms with Crippen LogP contribution in [0.25, 0.3) is 0 Å². The lowest BCUT2D eigenvalue weighted by Crippen LogP contribution is -2.52. The van der Waals surface area contributed by atoms with E-state index < -0.39 is 36.5 Å². The SMILES string of the molecule is C#Cc1ccc(CCCCC)cc1.CB(O)N1C(C=O)COC1(C)C.[B]C(=O)N1[C@@H]([C@@H](O)C#Cc2ccc(CCCCC)cc2)COC1(C)C. The largest absolute Gasteiger partial charge is 0.437 e. The van der Waals surface area contributed by atoms with E-state index in [-0.39, 0.29) is 12.6 Å². The summed E-state index contributed by atoms with van der Waals surface area (Å²) < 4.78 is 10.9. The fourth-order valence-electron chi connectivity index (χ4n) is 6.10. The van der Waals surface area contributed by atoms with Crippen LogP contribution in [0.5, 0.6) is 0 Å². The predicted molar refractivity (Wildman–Crippen MR) is 203 cm³/mol. The molecule has 1 unspecified atom stereocenters. The third kappa shape index (κ3) is 13.4. The highest BCUT2D eigenvalue weighted by Crippen LogP contribution is 2.29. The van der Waals surface area contributed by atoms with Crippen LogP contribution in [0, 0.1) is 24.2 Å². The van der Waals surface area contributed by atoms with Crippen LogP contribution in [0.1, 0.15) is 102 Å². The van der Waals surface area contributed by atoms with Crippen molar-refractivity contribution in [2.45, 2.75) is 129 Å². The molecule has 8 nitrogen and oxygen atoms in total. The summed E-state index contributed by atoms with van der Waals surface area (Å²) in [7, 11) is 4.77. The fraction of sp³-hybridized carbons (Fsp3) is 0.550. The van der Waals surface area contributed by atoms with Gasteiger partial charge >= 0.3 is 7.05 Å². The first-order chi connectivity index (χ1) is 23.7. The Hall–Kier alpha value is -3.37. The fourth-order valence-corrected chi connectivity index (χ4v) is 6.10. The molecular formula is C40H56B2N2O6. The number of hydrogen-bond donors (Lipinski definition) is 2. The second-order valence-electron chi connectivity index (χ2n) is 13.7. The van der Waals surface area contributed by atoms with Crippen LogP contribution >= 0.6 is 0 Å². The van der Waals surface area contributed by atoms with Gasteiger partial charge in [-0.3, -0.25) is 9.61 Å². The smallest absolute Gasteiger partial charge is 0.379 e. The molecule has 0 saturated carbocycles. The van der Waals surface area contributed by atoms with Crippen LogP contribution in [-0.2, 0) is 27.1 Å². The van der Waals surface area contributed by atoms with Gasteiger partial charge in [0.05, 0.1) is 25.3 Å². The number of carbonyl (C=O) groups is 2. The van der Waals surface area contributed by atoms with Gasteiger partial charge in [-0.1, -0.05) is 81.6 Å². The maximum Gasteiger partial charge on any atom is 0.379 e. The van der Waals surface area contributed by atoms with Crippen LogP contribution in [0.4, 0.5) is 4.79 Å². The number of aldehydes is 1. The Morgan fingerprint density at radius 3 is 1.86 bits per heavy atom. The van der Waals surface area contributed by atoms with Crippen molar-refractivity contribution in [1.82, 2.24) is 9.71 Å². The topological polar surface area (TPSA) is 99.5 Å². The number of rotatable bonds is 11. The molecule has 1 amide bonds. The average molecular weight is 683 g/mol. The van der Waals surface area contributed by atoms with Crippen molar-refractivity contribution in [2.24, 2.45) is 0 Å². The Balaban J connectivity index is 0.000000290. The summed E-state index contributed by atoms with van der Waals surface area (Å²) >= 11 is 0. The van der Waals surface area contributed by atoms with E-state index in [0.717, 1.165) is 23.8 Å². The lowest BCUT2D eigenvalue weighted by Gasteiger charge is -2.34. The van der Waals surface area contributed by atoms with Gasteiger partial charge in [0.15, 0.2) is 5.81 Å². The number of unbranched alkanes of at least 4 members (excludes halogenated alkanes) is 4. The van der Waals surface area contributed by atoms with Crippen molar-refractivity contribution in [2.75, 3.05) is 13.2 Å². The van der Waals surface area contributed by atoms with Crippen molar-refractivity contribution >= 4 is 27.0 Å². The van der Waals surface area contributed by atoms with Gasteiger partial charge in [0.1, 0.15) is 23.8 Å². The second kappa shape index (κ2) is 21.1. The minimum absolute atomic E-state index is 0.210. The summed E-state index contributed by atoms with van der Waals surface area (Å²) in [6.45, 7) is 13.8. The van der Waals surface area contributed by atoms with E-state index in [1.807, 2.05) is 38.1 Å². The van der Waals surface area contributed by atoms with Crippen LogP contribution in [0.3, 0.4) is 0 Å².